The Balaban J connectivity index is 1.33. The van der Waals surface area contributed by atoms with Crippen molar-refractivity contribution in [3.8, 4) is 0 Å². The number of rotatable bonds is 8. The van der Waals surface area contributed by atoms with Crippen LogP contribution in [0.1, 0.15) is 106 Å². The fourth-order valence-corrected chi connectivity index (χ4v) is 6.12. The van der Waals surface area contributed by atoms with Crippen molar-refractivity contribution < 1.29 is 4.39 Å². The van der Waals surface area contributed by atoms with E-state index in [2.05, 4.69) is 31.2 Å². The fraction of sp³-hybridized carbons (Fsp3) is 0.586. The minimum Gasteiger partial charge on any atom is -0.207 e. The van der Waals surface area contributed by atoms with Crippen molar-refractivity contribution in [1.29, 1.82) is 0 Å². The summed E-state index contributed by atoms with van der Waals surface area (Å²) in [5.41, 5.74) is 4.42. The summed E-state index contributed by atoms with van der Waals surface area (Å²) < 4.78 is 13.3. The van der Waals surface area contributed by atoms with E-state index in [0.717, 1.165) is 24.2 Å². The van der Waals surface area contributed by atoms with E-state index in [9.17, 15) is 4.39 Å². The molecule has 4 rings (SSSR count). The quantitative estimate of drug-likeness (QED) is 0.411. The third-order valence-electron chi connectivity index (χ3n) is 7.99. The predicted octanol–water partition coefficient (Wildman–Crippen LogP) is 8.81. The van der Waals surface area contributed by atoms with Crippen LogP contribution >= 0.6 is 0 Å². The number of unbranched alkanes of at least 4 members (excludes halogenated alkanes) is 1. The SMILES string of the molecule is CCCCC1CCC(CCC2CCC(Cc3ccc(F)cc3)c3ccccc32)CC1. The van der Waals surface area contributed by atoms with Crippen molar-refractivity contribution in [2.75, 3.05) is 0 Å². The summed E-state index contributed by atoms with van der Waals surface area (Å²) >= 11 is 0. The first-order valence-electron chi connectivity index (χ1n) is 12.6. The molecule has 0 heterocycles. The number of halogens is 1. The third kappa shape index (κ3) is 5.54. The van der Waals surface area contributed by atoms with Crippen LogP contribution in [-0.2, 0) is 6.42 Å². The molecule has 0 N–H and O–H groups in total. The second-order valence-electron chi connectivity index (χ2n) is 10.0. The number of fused-ring (bicyclic) bond motifs is 1. The second kappa shape index (κ2) is 10.6. The highest BCUT2D eigenvalue weighted by Crippen LogP contribution is 2.44. The molecular weight excluding hydrogens is 367 g/mol. The van der Waals surface area contributed by atoms with E-state index in [-0.39, 0.29) is 5.82 Å². The van der Waals surface area contributed by atoms with Gasteiger partial charge < -0.3 is 0 Å². The van der Waals surface area contributed by atoms with Gasteiger partial charge in [0.2, 0.25) is 0 Å². The smallest absolute Gasteiger partial charge is 0.123 e. The van der Waals surface area contributed by atoms with Crippen LogP contribution in [0.25, 0.3) is 0 Å². The van der Waals surface area contributed by atoms with Crippen LogP contribution in [0.3, 0.4) is 0 Å². The molecule has 2 aromatic carbocycles. The molecule has 2 aliphatic rings. The van der Waals surface area contributed by atoms with Gasteiger partial charge in [0, 0.05) is 0 Å². The summed E-state index contributed by atoms with van der Waals surface area (Å²) in [6, 6.07) is 16.3. The second-order valence-corrected chi connectivity index (χ2v) is 10.0. The van der Waals surface area contributed by atoms with Gasteiger partial charge in [0.05, 0.1) is 0 Å². The lowest BCUT2D eigenvalue weighted by Crippen LogP contribution is -2.19. The first-order valence-corrected chi connectivity index (χ1v) is 12.6. The van der Waals surface area contributed by atoms with Crippen molar-refractivity contribution >= 4 is 0 Å². The van der Waals surface area contributed by atoms with Crippen molar-refractivity contribution in [2.24, 2.45) is 11.8 Å². The summed E-state index contributed by atoms with van der Waals surface area (Å²) in [4.78, 5) is 0. The van der Waals surface area contributed by atoms with Crippen molar-refractivity contribution in [2.45, 2.75) is 95.8 Å². The van der Waals surface area contributed by atoms with Crippen LogP contribution in [0.15, 0.2) is 48.5 Å². The molecule has 0 radical (unpaired) electrons. The molecule has 0 aliphatic heterocycles. The molecule has 162 valence electrons. The molecule has 1 fully saturated rings. The molecule has 0 spiro atoms. The van der Waals surface area contributed by atoms with E-state index in [4.69, 9.17) is 0 Å². The number of benzene rings is 2. The number of hydrogen-bond acceptors (Lipinski definition) is 0. The molecule has 0 bridgehead atoms. The summed E-state index contributed by atoms with van der Waals surface area (Å²) in [5.74, 6) is 3.17. The zero-order valence-electron chi connectivity index (χ0n) is 18.8. The molecule has 2 aromatic rings. The monoisotopic (exact) mass is 406 g/mol. The maximum atomic E-state index is 13.3. The lowest BCUT2D eigenvalue weighted by Gasteiger charge is -2.34. The van der Waals surface area contributed by atoms with Gasteiger partial charge in [-0.2, -0.15) is 0 Å². The summed E-state index contributed by atoms with van der Waals surface area (Å²) in [5, 5.41) is 0. The fourth-order valence-electron chi connectivity index (χ4n) is 6.12. The van der Waals surface area contributed by atoms with Crippen LogP contribution in [0.2, 0.25) is 0 Å². The molecule has 0 aromatic heterocycles. The third-order valence-corrected chi connectivity index (χ3v) is 7.99. The van der Waals surface area contributed by atoms with Gasteiger partial charge in [-0.3, -0.25) is 0 Å². The van der Waals surface area contributed by atoms with Crippen molar-refractivity contribution in [3.05, 3.63) is 71.0 Å². The lowest BCUT2D eigenvalue weighted by atomic mass is 9.71. The van der Waals surface area contributed by atoms with Crippen LogP contribution in [-0.4, -0.2) is 0 Å². The van der Waals surface area contributed by atoms with Gasteiger partial charge in [0.1, 0.15) is 5.82 Å². The maximum absolute atomic E-state index is 13.3. The van der Waals surface area contributed by atoms with Crippen LogP contribution in [0.5, 0.6) is 0 Å². The van der Waals surface area contributed by atoms with Crippen molar-refractivity contribution in [3.63, 3.8) is 0 Å². The van der Waals surface area contributed by atoms with Gasteiger partial charge >= 0.3 is 0 Å². The van der Waals surface area contributed by atoms with Crippen LogP contribution in [0.4, 0.5) is 4.39 Å². The molecule has 1 saturated carbocycles. The Kier molecular flexibility index (Phi) is 7.63. The Labute approximate surface area is 183 Å². The van der Waals surface area contributed by atoms with E-state index in [1.165, 1.54) is 76.2 Å². The normalized spacial score (nSPS) is 26.3. The molecule has 2 unspecified atom stereocenters. The van der Waals surface area contributed by atoms with E-state index in [1.54, 1.807) is 23.3 Å². The minimum absolute atomic E-state index is 0.137. The van der Waals surface area contributed by atoms with Crippen LogP contribution < -0.4 is 0 Å². The largest absolute Gasteiger partial charge is 0.207 e. The Morgan fingerprint density at radius 3 is 1.97 bits per heavy atom. The van der Waals surface area contributed by atoms with Gasteiger partial charge in [-0.1, -0.05) is 88.3 Å². The first-order chi connectivity index (χ1) is 14.7. The highest BCUT2D eigenvalue weighted by atomic mass is 19.1. The zero-order valence-corrected chi connectivity index (χ0v) is 18.8. The topological polar surface area (TPSA) is 0 Å². The van der Waals surface area contributed by atoms with Crippen LogP contribution in [0, 0.1) is 17.7 Å². The van der Waals surface area contributed by atoms with Gasteiger partial charge in [-0.25, -0.2) is 4.39 Å². The maximum Gasteiger partial charge on any atom is 0.123 e. The van der Waals surface area contributed by atoms with Gasteiger partial charge in [-0.05, 0) is 84.6 Å². The zero-order chi connectivity index (χ0) is 20.8. The van der Waals surface area contributed by atoms with Gasteiger partial charge in [0.25, 0.3) is 0 Å². The van der Waals surface area contributed by atoms with E-state index >= 15 is 0 Å². The Hall–Kier alpha value is -1.63. The molecule has 0 amide bonds. The Morgan fingerprint density at radius 2 is 1.30 bits per heavy atom. The average molecular weight is 407 g/mol. The summed E-state index contributed by atoms with van der Waals surface area (Å²) in [6.07, 6.45) is 16.5. The van der Waals surface area contributed by atoms with E-state index < -0.39 is 0 Å². The molecule has 0 saturated heterocycles. The lowest BCUT2D eigenvalue weighted by molar-refractivity contribution is 0.241. The van der Waals surface area contributed by atoms with E-state index in [1.807, 2.05) is 12.1 Å². The Bertz CT molecular complexity index is 769. The molecule has 2 atom stereocenters. The standard InChI is InChI=1S/C29H39F/c1-2-3-6-22-9-11-23(12-10-22)13-16-25-17-18-26(29-8-5-4-7-28(25)29)21-24-14-19-27(30)20-15-24/h4-5,7-8,14-15,19-20,22-23,25-26H,2-3,6,9-13,16-18,21H2,1H3. The summed E-state index contributed by atoms with van der Waals surface area (Å²) in [6.45, 7) is 2.32. The molecule has 0 nitrogen and oxygen atoms in total. The van der Waals surface area contributed by atoms with Gasteiger partial charge in [0.15, 0.2) is 0 Å². The first kappa shape index (κ1) is 21.6. The van der Waals surface area contributed by atoms with E-state index in [0.29, 0.717) is 5.92 Å². The van der Waals surface area contributed by atoms with Gasteiger partial charge in [-0.15, -0.1) is 0 Å². The predicted molar refractivity (Wildman–Crippen MR) is 125 cm³/mol. The highest BCUT2D eigenvalue weighted by Gasteiger charge is 2.28. The van der Waals surface area contributed by atoms with Crippen molar-refractivity contribution in [1.82, 2.24) is 0 Å². The Morgan fingerprint density at radius 1 is 0.700 bits per heavy atom. The highest BCUT2D eigenvalue weighted by molar-refractivity contribution is 5.37. The molecular formula is C29H39F. The average Bonchev–Trinajstić information content (AvgIpc) is 2.79. The molecule has 30 heavy (non-hydrogen) atoms. The molecule has 1 heteroatoms. The summed E-state index contributed by atoms with van der Waals surface area (Å²) in [7, 11) is 0. The minimum atomic E-state index is -0.137. The molecule has 2 aliphatic carbocycles. The number of hydrogen-bond donors (Lipinski definition) is 0.